The topological polar surface area (TPSA) is 56.7 Å². The Labute approximate surface area is 135 Å². The second-order valence-corrected chi connectivity index (χ2v) is 5.66. The monoisotopic (exact) mass is 305 g/mol. The first-order valence-corrected chi connectivity index (χ1v) is 8.43. The van der Waals surface area contributed by atoms with Crippen molar-refractivity contribution in [2.75, 3.05) is 6.54 Å². The van der Waals surface area contributed by atoms with Gasteiger partial charge in [0.2, 0.25) is 0 Å². The van der Waals surface area contributed by atoms with E-state index >= 15 is 0 Å². The number of aliphatic hydroxyl groups excluding tert-OH is 1. The lowest BCUT2D eigenvalue weighted by Crippen LogP contribution is -2.42. The van der Waals surface area contributed by atoms with Crippen LogP contribution in [-0.2, 0) is 13.2 Å². The highest BCUT2D eigenvalue weighted by atomic mass is 16.3. The van der Waals surface area contributed by atoms with Gasteiger partial charge in [-0.2, -0.15) is 0 Å². The van der Waals surface area contributed by atoms with Gasteiger partial charge in [-0.15, -0.1) is 0 Å². The van der Waals surface area contributed by atoms with Crippen LogP contribution in [0.2, 0.25) is 0 Å². The minimum Gasteiger partial charge on any atom is -0.392 e. The Kier molecular flexibility index (Phi) is 9.31. The Morgan fingerprint density at radius 2 is 1.91 bits per heavy atom. The van der Waals surface area contributed by atoms with Crippen molar-refractivity contribution < 1.29 is 5.11 Å². The van der Waals surface area contributed by atoms with E-state index in [9.17, 15) is 5.11 Å². The van der Waals surface area contributed by atoms with E-state index in [-0.39, 0.29) is 6.61 Å². The highest BCUT2D eigenvalue weighted by molar-refractivity contribution is 5.80. The standard InChI is InChI=1S/C18H31N3O/c1-4-6-7-10-15(3)21-18(19-5-2)20-13-16-11-8-9-12-17(16)14-22/h8-9,11-12,15,22H,4-7,10,13-14H2,1-3H3,(H2,19,20,21). The number of nitrogens with one attached hydrogen (secondary N) is 2. The zero-order valence-electron chi connectivity index (χ0n) is 14.2. The van der Waals surface area contributed by atoms with Gasteiger partial charge in [0, 0.05) is 12.6 Å². The molecule has 1 aromatic carbocycles. The van der Waals surface area contributed by atoms with Crippen molar-refractivity contribution in [3.8, 4) is 0 Å². The largest absolute Gasteiger partial charge is 0.392 e. The van der Waals surface area contributed by atoms with Crippen molar-refractivity contribution in [3.05, 3.63) is 35.4 Å². The maximum absolute atomic E-state index is 9.37. The van der Waals surface area contributed by atoms with E-state index in [4.69, 9.17) is 0 Å². The summed E-state index contributed by atoms with van der Waals surface area (Å²) in [6.07, 6.45) is 4.94. The number of unbranched alkanes of at least 4 members (excludes halogenated alkanes) is 2. The fourth-order valence-electron chi connectivity index (χ4n) is 2.36. The van der Waals surface area contributed by atoms with Crippen LogP contribution in [0.15, 0.2) is 29.3 Å². The summed E-state index contributed by atoms with van der Waals surface area (Å²) in [5.41, 5.74) is 2.01. The minimum absolute atomic E-state index is 0.0586. The fourth-order valence-corrected chi connectivity index (χ4v) is 2.36. The summed E-state index contributed by atoms with van der Waals surface area (Å²) in [7, 11) is 0. The second kappa shape index (κ2) is 11.1. The number of benzene rings is 1. The van der Waals surface area contributed by atoms with E-state index in [0.29, 0.717) is 12.6 Å². The van der Waals surface area contributed by atoms with Gasteiger partial charge in [-0.1, -0.05) is 50.5 Å². The molecule has 4 nitrogen and oxygen atoms in total. The maximum Gasteiger partial charge on any atom is 0.191 e. The molecule has 124 valence electrons. The number of hydrogen-bond acceptors (Lipinski definition) is 2. The summed E-state index contributed by atoms with van der Waals surface area (Å²) in [4.78, 5) is 4.64. The molecule has 0 aliphatic heterocycles. The predicted octanol–water partition coefficient (Wildman–Crippen LogP) is 3.20. The highest BCUT2D eigenvalue weighted by Crippen LogP contribution is 2.10. The molecule has 0 aliphatic rings. The molecule has 0 bridgehead atoms. The van der Waals surface area contributed by atoms with Crippen molar-refractivity contribution >= 4 is 5.96 Å². The first-order chi connectivity index (χ1) is 10.7. The molecule has 1 rings (SSSR count). The average molecular weight is 305 g/mol. The third-order valence-electron chi connectivity index (χ3n) is 3.66. The van der Waals surface area contributed by atoms with Gasteiger partial charge in [0.15, 0.2) is 5.96 Å². The van der Waals surface area contributed by atoms with Crippen LogP contribution in [-0.4, -0.2) is 23.7 Å². The zero-order chi connectivity index (χ0) is 16.2. The molecule has 1 atom stereocenters. The molecule has 1 unspecified atom stereocenters. The van der Waals surface area contributed by atoms with E-state index in [1.165, 1.54) is 19.3 Å². The molecule has 4 heteroatoms. The van der Waals surface area contributed by atoms with Crippen LogP contribution >= 0.6 is 0 Å². The Bertz CT molecular complexity index is 446. The molecule has 0 radical (unpaired) electrons. The lowest BCUT2D eigenvalue weighted by molar-refractivity contribution is 0.280. The van der Waals surface area contributed by atoms with Gasteiger partial charge in [0.05, 0.1) is 13.2 Å². The van der Waals surface area contributed by atoms with Crippen molar-refractivity contribution in [2.45, 2.75) is 65.6 Å². The zero-order valence-corrected chi connectivity index (χ0v) is 14.2. The van der Waals surface area contributed by atoms with Crippen molar-refractivity contribution in [1.82, 2.24) is 10.6 Å². The molecule has 0 saturated carbocycles. The SMILES string of the molecule is CCCCCC(C)NC(=NCc1ccccc1CO)NCC. The average Bonchev–Trinajstić information content (AvgIpc) is 2.53. The van der Waals surface area contributed by atoms with E-state index < -0.39 is 0 Å². The van der Waals surface area contributed by atoms with Gasteiger partial charge in [0.25, 0.3) is 0 Å². The van der Waals surface area contributed by atoms with E-state index in [2.05, 4.69) is 36.4 Å². The van der Waals surface area contributed by atoms with Crippen molar-refractivity contribution in [1.29, 1.82) is 0 Å². The highest BCUT2D eigenvalue weighted by Gasteiger charge is 2.05. The molecule has 1 aromatic rings. The lowest BCUT2D eigenvalue weighted by Gasteiger charge is -2.18. The number of aliphatic hydroxyl groups is 1. The predicted molar refractivity (Wildman–Crippen MR) is 93.9 cm³/mol. The third-order valence-corrected chi connectivity index (χ3v) is 3.66. The third kappa shape index (κ3) is 6.94. The summed E-state index contributed by atoms with van der Waals surface area (Å²) >= 11 is 0. The molecule has 0 fully saturated rings. The Hall–Kier alpha value is -1.55. The summed E-state index contributed by atoms with van der Waals surface area (Å²) in [6.45, 7) is 7.97. The maximum atomic E-state index is 9.37. The molecule has 0 amide bonds. The van der Waals surface area contributed by atoms with Gasteiger partial charge >= 0.3 is 0 Å². The van der Waals surface area contributed by atoms with E-state index in [1.807, 2.05) is 24.3 Å². The smallest absolute Gasteiger partial charge is 0.191 e. The Balaban J connectivity index is 2.61. The van der Waals surface area contributed by atoms with Crippen LogP contribution in [0.1, 0.15) is 57.6 Å². The van der Waals surface area contributed by atoms with Crippen molar-refractivity contribution in [3.63, 3.8) is 0 Å². The molecule has 0 aliphatic carbocycles. The van der Waals surface area contributed by atoms with Crippen LogP contribution in [0.4, 0.5) is 0 Å². The first-order valence-electron chi connectivity index (χ1n) is 8.43. The van der Waals surface area contributed by atoms with Crippen LogP contribution in [0.5, 0.6) is 0 Å². The number of aliphatic imine (C=N–C) groups is 1. The lowest BCUT2D eigenvalue weighted by atomic mass is 10.1. The van der Waals surface area contributed by atoms with Crippen molar-refractivity contribution in [2.24, 2.45) is 4.99 Å². The van der Waals surface area contributed by atoms with Gasteiger partial charge in [-0.25, -0.2) is 4.99 Å². The first kappa shape index (κ1) is 18.5. The number of nitrogens with zero attached hydrogens (tertiary/aromatic N) is 1. The summed E-state index contributed by atoms with van der Waals surface area (Å²) in [5.74, 6) is 0.847. The van der Waals surface area contributed by atoms with E-state index in [1.54, 1.807) is 0 Å². The van der Waals surface area contributed by atoms with Gasteiger partial charge in [-0.3, -0.25) is 0 Å². The quantitative estimate of drug-likeness (QED) is 0.373. The van der Waals surface area contributed by atoms with E-state index in [0.717, 1.165) is 30.1 Å². The summed E-state index contributed by atoms with van der Waals surface area (Å²) in [5, 5.41) is 16.1. The molecule has 0 aromatic heterocycles. The molecule has 22 heavy (non-hydrogen) atoms. The van der Waals surface area contributed by atoms with Gasteiger partial charge < -0.3 is 15.7 Å². The number of hydrogen-bond donors (Lipinski definition) is 3. The Morgan fingerprint density at radius 1 is 1.18 bits per heavy atom. The summed E-state index contributed by atoms with van der Waals surface area (Å²) < 4.78 is 0. The fraction of sp³-hybridized carbons (Fsp3) is 0.611. The molecular formula is C18H31N3O. The Morgan fingerprint density at radius 3 is 2.55 bits per heavy atom. The molecule has 0 heterocycles. The van der Waals surface area contributed by atoms with Crippen LogP contribution < -0.4 is 10.6 Å². The second-order valence-electron chi connectivity index (χ2n) is 5.66. The van der Waals surface area contributed by atoms with Gasteiger partial charge in [0.1, 0.15) is 0 Å². The van der Waals surface area contributed by atoms with Gasteiger partial charge in [-0.05, 0) is 31.4 Å². The van der Waals surface area contributed by atoms with Crippen LogP contribution in [0.25, 0.3) is 0 Å². The number of rotatable bonds is 9. The normalized spacial score (nSPS) is 13.0. The minimum atomic E-state index is 0.0586. The summed E-state index contributed by atoms with van der Waals surface area (Å²) in [6, 6.07) is 8.30. The van der Waals surface area contributed by atoms with Crippen LogP contribution in [0, 0.1) is 0 Å². The number of guanidine groups is 1. The molecular weight excluding hydrogens is 274 g/mol. The molecule has 3 N–H and O–H groups in total. The molecule has 0 saturated heterocycles. The van der Waals surface area contributed by atoms with Crippen LogP contribution in [0.3, 0.4) is 0 Å². The molecule has 0 spiro atoms.